The van der Waals surface area contributed by atoms with Crippen molar-refractivity contribution in [3.05, 3.63) is 90.0 Å². The summed E-state index contributed by atoms with van der Waals surface area (Å²) in [5, 5.41) is 9.38. The van der Waals surface area contributed by atoms with Crippen LogP contribution in [0.25, 0.3) is 27.8 Å². The van der Waals surface area contributed by atoms with Crippen LogP contribution in [0.2, 0.25) is 0 Å². The molecule has 3 nitrogen and oxygen atoms in total. The summed E-state index contributed by atoms with van der Waals surface area (Å²) >= 11 is 0. The summed E-state index contributed by atoms with van der Waals surface area (Å²) in [4.78, 5) is 13.7. The SMILES string of the molecule is O=C(O)[C@@H]1CCCN(CCC=C2c3ccccc3-c3ccccc3-c3ccccc32)C1. The van der Waals surface area contributed by atoms with Gasteiger partial charge in [0.25, 0.3) is 0 Å². The summed E-state index contributed by atoms with van der Waals surface area (Å²) < 4.78 is 0. The standard InChI is InChI=1S/C28H27NO2/c30-28(31)20-9-7-17-29(19-20)18-8-16-27-25-14-5-3-12-23(25)21-10-1-2-11-22(21)24-13-4-6-15-26(24)27/h1-6,10-16,20H,7-9,17-19H2,(H,30,31)/t20-/m1/s1. The highest BCUT2D eigenvalue weighted by molar-refractivity contribution is 6.01. The molecule has 1 saturated heterocycles. The van der Waals surface area contributed by atoms with Crippen LogP contribution in [0.1, 0.15) is 30.4 Å². The Labute approximate surface area is 183 Å². The van der Waals surface area contributed by atoms with Crippen molar-refractivity contribution in [3.63, 3.8) is 0 Å². The molecule has 1 aliphatic carbocycles. The minimum atomic E-state index is -0.660. The van der Waals surface area contributed by atoms with Crippen LogP contribution in [-0.2, 0) is 4.79 Å². The number of carboxylic acid groups (broad SMARTS) is 1. The van der Waals surface area contributed by atoms with Gasteiger partial charge in [-0.25, -0.2) is 0 Å². The highest BCUT2D eigenvalue weighted by Gasteiger charge is 2.25. The van der Waals surface area contributed by atoms with Gasteiger partial charge in [0, 0.05) is 13.1 Å². The quantitative estimate of drug-likeness (QED) is 0.453. The first-order valence-corrected chi connectivity index (χ1v) is 11.2. The lowest BCUT2D eigenvalue weighted by molar-refractivity contribution is -0.143. The molecule has 0 saturated carbocycles. The fourth-order valence-electron chi connectivity index (χ4n) is 5.08. The van der Waals surface area contributed by atoms with E-state index in [4.69, 9.17) is 0 Å². The molecule has 0 radical (unpaired) electrons. The lowest BCUT2D eigenvalue weighted by Crippen LogP contribution is -2.39. The number of fused-ring (bicyclic) bond motifs is 5. The zero-order valence-corrected chi connectivity index (χ0v) is 17.6. The van der Waals surface area contributed by atoms with E-state index in [0.29, 0.717) is 6.54 Å². The van der Waals surface area contributed by atoms with Gasteiger partial charge in [-0.2, -0.15) is 0 Å². The van der Waals surface area contributed by atoms with Gasteiger partial charge < -0.3 is 10.0 Å². The van der Waals surface area contributed by atoms with Gasteiger partial charge in [-0.1, -0.05) is 78.9 Å². The van der Waals surface area contributed by atoms with E-state index in [0.717, 1.165) is 32.4 Å². The first-order valence-electron chi connectivity index (χ1n) is 11.2. The second-order valence-electron chi connectivity index (χ2n) is 8.52. The Balaban J connectivity index is 1.52. The Morgan fingerprint density at radius 2 is 1.32 bits per heavy atom. The molecular formula is C28H27NO2. The molecule has 0 bridgehead atoms. The number of carboxylic acids is 1. The highest BCUT2D eigenvalue weighted by atomic mass is 16.4. The van der Waals surface area contributed by atoms with Crippen LogP contribution in [0.4, 0.5) is 0 Å². The van der Waals surface area contributed by atoms with Gasteiger partial charge in [-0.15, -0.1) is 0 Å². The summed E-state index contributed by atoms with van der Waals surface area (Å²) in [6, 6.07) is 26.0. The Morgan fingerprint density at radius 1 is 0.839 bits per heavy atom. The lowest BCUT2D eigenvalue weighted by Gasteiger charge is -2.30. The molecule has 1 heterocycles. The van der Waals surface area contributed by atoms with E-state index in [1.807, 2.05) is 0 Å². The molecule has 0 spiro atoms. The Hall–Kier alpha value is -3.17. The minimum Gasteiger partial charge on any atom is -0.481 e. The number of carbonyl (C=O) groups is 1. The first-order chi connectivity index (χ1) is 15.2. The number of piperidine rings is 1. The van der Waals surface area contributed by atoms with Gasteiger partial charge in [-0.3, -0.25) is 4.79 Å². The van der Waals surface area contributed by atoms with Gasteiger partial charge in [0.2, 0.25) is 0 Å². The van der Waals surface area contributed by atoms with Crippen molar-refractivity contribution in [2.24, 2.45) is 5.92 Å². The molecule has 2 aliphatic rings. The minimum absolute atomic E-state index is 0.227. The number of nitrogens with zero attached hydrogens (tertiary/aromatic N) is 1. The molecular weight excluding hydrogens is 382 g/mol. The van der Waals surface area contributed by atoms with Crippen LogP contribution in [0.3, 0.4) is 0 Å². The monoisotopic (exact) mass is 409 g/mol. The predicted octanol–water partition coefficient (Wildman–Crippen LogP) is 5.95. The van der Waals surface area contributed by atoms with Crippen LogP contribution in [-0.4, -0.2) is 35.6 Å². The normalized spacial score (nSPS) is 17.8. The van der Waals surface area contributed by atoms with Gasteiger partial charge >= 0.3 is 5.97 Å². The molecule has 31 heavy (non-hydrogen) atoms. The maximum absolute atomic E-state index is 11.4. The number of hydrogen-bond donors (Lipinski definition) is 1. The lowest BCUT2D eigenvalue weighted by atomic mass is 9.92. The molecule has 1 aliphatic heterocycles. The molecule has 3 aromatic rings. The molecule has 0 amide bonds. The summed E-state index contributed by atoms with van der Waals surface area (Å²) in [6.45, 7) is 2.55. The third-order valence-electron chi connectivity index (χ3n) is 6.59. The Kier molecular flexibility index (Phi) is 5.44. The van der Waals surface area contributed by atoms with Gasteiger partial charge in [0.1, 0.15) is 0 Å². The van der Waals surface area contributed by atoms with E-state index in [9.17, 15) is 9.90 Å². The van der Waals surface area contributed by atoms with Crippen molar-refractivity contribution < 1.29 is 9.90 Å². The van der Waals surface area contributed by atoms with E-state index in [1.54, 1.807) is 0 Å². The van der Waals surface area contributed by atoms with E-state index in [-0.39, 0.29) is 5.92 Å². The zero-order valence-electron chi connectivity index (χ0n) is 17.6. The average molecular weight is 410 g/mol. The Bertz CT molecular complexity index is 1080. The van der Waals surface area contributed by atoms with Crippen molar-refractivity contribution in [3.8, 4) is 22.3 Å². The Morgan fingerprint density at radius 3 is 1.84 bits per heavy atom. The van der Waals surface area contributed by atoms with E-state index >= 15 is 0 Å². The summed E-state index contributed by atoms with van der Waals surface area (Å²) in [5.74, 6) is -0.886. The third kappa shape index (κ3) is 3.82. The van der Waals surface area contributed by atoms with Crippen LogP contribution in [0, 0.1) is 5.92 Å². The second-order valence-corrected chi connectivity index (χ2v) is 8.52. The number of likely N-dealkylation sites (tertiary alicyclic amines) is 1. The molecule has 3 heteroatoms. The van der Waals surface area contributed by atoms with Crippen LogP contribution < -0.4 is 0 Å². The summed E-state index contributed by atoms with van der Waals surface area (Å²) in [6.07, 6.45) is 5.02. The van der Waals surface area contributed by atoms with Crippen molar-refractivity contribution >= 4 is 11.5 Å². The number of rotatable bonds is 4. The fraction of sp³-hybridized carbons (Fsp3) is 0.250. The average Bonchev–Trinajstić information content (AvgIpc) is 2.93. The topological polar surface area (TPSA) is 40.5 Å². The van der Waals surface area contributed by atoms with E-state index in [2.05, 4.69) is 83.8 Å². The van der Waals surface area contributed by atoms with Gasteiger partial charge in [0.15, 0.2) is 0 Å². The second kappa shape index (κ2) is 8.52. The molecule has 1 N–H and O–H groups in total. The van der Waals surface area contributed by atoms with Crippen molar-refractivity contribution in [1.29, 1.82) is 0 Å². The van der Waals surface area contributed by atoms with Crippen molar-refractivity contribution in [2.45, 2.75) is 19.3 Å². The summed E-state index contributed by atoms with van der Waals surface area (Å²) in [7, 11) is 0. The van der Waals surface area contributed by atoms with E-state index < -0.39 is 5.97 Å². The van der Waals surface area contributed by atoms with E-state index in [1.165, 1.54) is 39.0 Å². The molecule has 0 aromatic heterocycles. The molecule has 3 aromatic carbocycles. The van der Waals surface area contributed by atoms with Crippen molar-refractivity contribution in [1.82, 2.24) is 4.90 Å². The largest absolute Gasteiger partial charge is 0.481 e. The fourth-order valence-corrected chi connectivity index (χ4v) is 5.08. The van der Waals surface area contributed by atoms with Crippen LogP contribution in [0.5, 0.6) is 0 Å². The predicted molar refractivity (Wildman–Crippen MR) is 126 cm³/mol. The molecule has 5 rings (SSSR count). The smallest absolute Gasteiger partial charge is 0.307 e. The van der Waals surface area contributed by atoms with Crippen LogP contribution in [0.15, 0.2) is 78.9 Å². The van der Waals surface area contributed by atoms with Crippen molar-refractivity contribution in [2.75, 3.05) is 19.6 Å². The van der Waals surface area contributed by atoms with Crippen LogP contribution >= 0.6 is 0 Å². The maximum atomic E-state index is 11.4. The molecule has 1 fully saturated rings. The summed E-state index contributed by atoms with van der Waals surface area (Å²) in [5.41, 5.74) is 8.88. The number of benzene rings is 3. The van der Waals surface area contributed by atoms with Gasteiger partial charge in [-0.05, 0) is 64.8 Å². The maximum Gasteiger partial charge on any atom is 0.307 e. The molecule has 1 atom stereocenters. The first kappa shape index (κ1) is 19.8. The highest BCUT2D eigenvalue weighted by Crippen LogP contribution is 2.45. The molecule has 156 valence electrons. The zero-order chi connectivity index (χ0) is 21.2. The number of aliphatic carboxylic acids is 1. The molecule has 0 unspecified atom stereocenters. The van der Waals surface area contributed by atoms with Gasteiger partial charge in [0.05, 0.1) is 5.92 Å². The number of hydrogen-bond acceptors (Lipinski definition) is 2. The third-order valence-corrected chi connectivity index (χ3v) is 6.59.